The van der Waals surface area contributed by atoms with Gasteiger partial charge in [-0.25, -0.2) is 0 Å². The highest BCUT2D eigenvalue weighted by atomic mass is 16.6. The molecular formula is C37H63N3O8. The largest absolute Gasteiger partial charge is 0.466 e. The standard InChI is InChI=1S/C37H63N3O8/c1-5-6-19-45-31(41)10-7-23(2)26-8-9-27-35-28(22-30(37(26,27)4)48-34(44)14-18-40)36(3)15-11-25(46-32(42)12-16-38)20-24(36)21-29(35)47-33(43)13-17-39/h23-30,35H,5-22,38-40H2,1-4H3/t23-,24+,25-,26-,27+,28+,29-,30+,35+,36+,37-/m1/s1. The van der Waals surface area contributed by atoms with Gasteiger partial charge >= 0.3 is 23.9 Å². The van der Waals surface area contributed by atoms with Gasteiger partial charge in [-0.3, -0.25) is 19.2 Å². The van der Waals surface area contributed by atoms with Gasteiger partial charge in [0.1, 0.15) is 18.3 Å². The Labute approximate surface area is 287 Å². The Morgan fingerprint density at radius 2 is 1.42 bits per heavy atom. The molecular weight excluding hydrogens is 614 g/mol. The number of esters is 4. The quantitative estimate of drug-likeness (QED) is 0.120. The van der Waals surface area contributed by atoms with Crippen molar-refractivity contribution in [3.05, 3.63) is 0 Å². The van der Waals surface area contributed by atoms with Crippen LogP contribution in [-0.2, 0) is 38.1 Å². The smallest absolute Gasteiger partial charge is 0.307 e. The summed E-state index contributed by atoms with van der Waals surface area (Å²) in [5, 5.41) is 0. The van der Waals surface area contributed by atoms with Crippen LogP contribution in [-0.4, -0.2) is 68.4 Å². The molecule has 0 radical (unpaired) electrons. The van der Waals surface area contributed by atoms with E-state index in [4.69, 9.17) is 36.1 Å². The van der Waals surface area contributed by atoms with Gasteiger partial charge in [-0.2, -0.15) is 0 Å². The van der Waals surface area contributed by atoms with Crippen molar-refractivity contribution in [1.29, 1.82) is 0 Å². The van der Waals surface area contributed by atoms with Crippen LogP contribution in [0.25, 0.3) is 0 Å². The van der Waals surface area contributed by atoms with Crippen LogP contribution in [0.2, 0.25) is 0 Å². The first-order chi connectivity index (χ1) is 22.9. The number of unbranched alkanes of at least 4 members (excludes halogenated alkanes) is 1. The number of hydrogen-bond acceptors (Lipinski definition) is 11. The molecule has 4 fully saturated rings. The molecule has 0 saturated heterocycles. The lowest BCUT2D eigenvalue weighted by atomic mass is 9.43. The Bertz CT molecular complexity index is 1120. The molecule has 11 atom stereocenters. The number of nitrogens with two attached hydrogens (primary N) is 3. The zero-order chi connectivity index (χ0) is 35.1. The van der Waals surface area contributed by atoms with Crippen LogP contribution < -0.4 is 17.2 Å². The highest BCUT2D eigenvalue weighted by Gasteiger charge is 2.67. The lowest BCUT2D eigenvalue weighted by Gasteiger charge is -2.64. The highest BCUT2D eigenvalue weighted by molar-refractivity contribution is 5.71. The van der Waals surface area contributed by atoms with Crippen molar-refractivity contribution >= 4 is 23.9 Å². The minimum absolute atomic E-state index is 0.0926. The van der Waals surface area contributed by atoms with E-state index < -0.39 is 0 Å². The maximum atomic E-state index is 13.2. The van der Waals surface area contributed by atoms with Gasteiger partial charge in [0.25, 0.3) is 0 Å². The normalized spacial score (nSPS) is 36.1. The molecule has 0 spiro atoms. The summed E-state index contributed by atoms with van der Waals surface area (Å²) in [5.74, 6) is -0.0202. The van der Waals surface area contributed by atoms with E-state index in [9.17, 15) is 19.2 Å². The van der Waals surface area contributed by atoms with E-state index in [0.717, 1.165) is 38.5 Å². The van der Waals surface area contributed by atoms with E-state index in [1.54, 1.807) is 0 Å². The number of fused-ring (bicyclic) bond motifs is 5. The van der Waals surface area contributed by atoms with E-state index in [-0.39, 0.29) is 127 Å². The van der Waals surface area contributed by atoms with Gasteiger partial charge in [0, 0.05) is 37.4 Å². The summed E-state index contributed by atoms with van der Waals surface area (Å²) < 4.78 is 24.1. The number of hydrogen-bond donors (Lipinski definition) is 3. The summed E-state index contributed by atoms with van der Waals surface area (Å²) in [7, 11) is 0. The molecule has 4 saturated carbocycles. The van der Waals surface area contributed by atoms with Crippen LogP contribution in [0.4, 0.5) is 0 Å². The molecule has 6 N–H and O–H groups in total. The van der Waals surface area contributed by atoms with E-state index >= 15 is 0 Å². The Morgan fingerprint density at radius 3 is 2.06 bits per heavy atom. The zero-order valence-electron chi connectivity index (χ0n) is 29.9. The van der Waals surface area contributed by atoms with E-state index in [2.05, 4.69) is 27.7 Å². The molecule has 4 rings (SSSR count). The second-order valence-corrected chi connectivity index (χ2v) is 15.6. The lowest BCUT2D eigenvalue weighted by Crippen LogP contribution is -2.63. The third-order valence-corrected chi connectivity index (χ3v) is 12.9. The van der Waals surface area contributed by atoms with Crippen LogP contribution in [0.1, 0.15) is 118 Å². The molecule has 0 aromatic heterocycles. The van der Waals surface area contributed by atoms with E-state index in [0.29, 0.717) is 38.7 Å². The first-order valence-corrected chi connectivity index (χ1v) is 18.8. The highest BCUT2D eigenvalue weighted by Crippen LogP contribution is 2.69. The molecule has 274 valence electrons. The molecule has 0 aliphatic heterocycles. The minimum Gasteiger partial charge on any atom is -0.466 e. The molecule has 4 aliphatic carbocycles. The first kappa shape index (κ1) is 38.6. The molecule has 0 amide bonds. The van der Waals surface area contributed by atoms with Gasteiger partial charge in [-0.15, -0.1) is 0 Å². The van der Waals surface area contributed by atoms with Gasteiger partial charge in [0.15, 0.2) is 0 Å². The van der Waals surface area contributed by atoms with Crippen LogP contribution in [0.15, 0.2) is 0 Å². The predicted molar refractivity (Wildman–Crippen MR) is 181 cm³/mol. The second-order valence-electron chi connectivity index (χ2n) is 15.6. The van der Waals surface area contributed by atoms with Crippen molar-refractivity contribution in [3.8, 4) is 0 Å². The van der Waals surface area contributed by atoms with Crippen molar-refractivity contribution < 1.29 is 38.1 Å². The molecule has 48 heavy (non-hydrogen) atoms. The van der Waals surface area contributed by atoms with Crippen molar-refractivity contribution in [2.75, 3.05) is 26.2 Å². The van der Waals surface area contributed by atoms with Crippen LogP contribution in [0.3, 0.4) is 0 Å². The van der Waals surface area contributed by atoms with E-state index in [1.165, 1.54) is 0 Å². The number of carbonyl (C=O) groups excluding carboxylic acids is 4. The molecule has 11 heteroatoms. The van der Waals surface area contributed by atoms with E-state index in [1.807, 2.05) is 0 Å². The second kappa shape index (κ2) is 17.1. The number of carbonyl (C=O) groups is 4. The molecule has 4 aliphatic rings. The van der Waals surface area contributed by atoms with Gasteiger partial charge in [0.05, 0.1) is 25.9 Å². The topological polar surface area (TPSA) is 183 Å². The minimum atomic E-state index is -0.367. The fourth-order valence-corrected chi connectivity index (χ4v) is 10.5. The fraction of sp³-hybridized carbons (Fsp3) is 0.892. The Balaban J connectivity index is 1.65. The molecule has 11 nitrogen and oxygen atoms in total. The summed E-state index contributed by atoms with van der Waals surface area (Å²) in [6.07, 6.45) is 8.17. The Morgan fingerprint density at radius 1 is 0.771 bits per heavy atom. The van der Waals surface area contributed by atoms with Crippen LogP contribution >= 0.6 is 0 Å². The average Bonchev–Trinajstić information content (AvgIpc) is 3.39. The van der Waals surface area contributed by atoms with Crippen molar-refractivity contribution in [1.82, 2.24) is 0 Å². The summed E-state index contributed by atoms with van der Waals surface area (Å²) in [4.78, 5) is 51.2. The molecule has 0 aromatic carbocycles. The van der Waals surface area contributed by atoms with Gasteiger partial charge in [-0.1, -0.05) is 34.1 Å². The summed E-state index contributed by atoms with van der Waals surface area (Å²) in [6.45, 7) is 10.1. The molecule has 0 aromatic rings. The maximum absolute atomic E-state index is 13.2. The van der Waals surface area contributed by atoms with Crippen molar-refractivity contribution in [2.45, 2.75) is 136 Å². The van der Waals surface area contributed by atoms with Gasteiger partial charge < -0.3 is 36.1 Å². The van der Waals surface area contributed by atoms with Gasteiger partial charge in [0.2, 0.25) is 0 Å². The average molecular weight is 678 g/mol. The molecule has 0 bridgehead atoms. The SMILES string of the molecule is CCCCOC(=O)CC[C@@H](C)[C@H]1CC[C@H]2[C@@H]3[C@H](OC(=O)CCN)C[C@@H]4C[C@H](OC(=O)CCN)CC[C@]4(C)[C@H]3C[C@H](OC(=O)CCN)[C@]12C. The van der Waals surface area contributed by atoms with Crippen LogP contribution in [0.5, 0.6) is 0 Å². The third kappa shape index (κ3) is 8.37. The fourth-order valence-electron chi connectivity index (χ4n) is 10.5. The van der Waals surface area contributed by atoms with Crippen molar-refractivity contribution in [3.63, 3.8) is 0 Å². The van der Waals surface area contributed by atoms with Crippen molar-refractivity contribution in [2.24, 2.45) is 63.5 Å². The summed E-state index contributed by atoms with van der Waals surface area (Å²) in [6, 6.07) is 0. The maximum Gasteiger partial charge on any atom is 0.307 e. The number of ether oxygens (including phenoxy) is 4. The molecule has 0 heterocycles. The summed E-state index contributed by atoms with van der Waals surface area (Å²) in [5.41, 5.74) is 16.7. The monoisotopic (exact) mass is 677 g/mol. The summed E-state index contributed by atoms with van der Waals surface area (Å²) >= 11 is 0. The zero-order valence-corrected chi connectivity index (χ0v) is 29.9. The first-order valence-electron chi connectivity index (χ1n) is 18.8. The Kier molecular flexibility index (Phi) is 13.8. The van der Waals surface area contributed by atoms with Gasteiger partial charge in [-0.05, 0) is 92.8 Å². The van der Waals surface area contributed by atoms with Crippen LogP contribution in [0, 0.1) is 46.3 Å². The molecule has 0 unspecified atom stereocenters. The lowest BCUT2D eigenvalue weighted by molar-refractivity contribution is -0.225. The third-order valence-electron chi connectivity index (χ3n) is 12.9. The predicted octanol–water partition coefficient (Wildman–Crippen LogP) is 4.41. The Hall–Kier alpha value is -2.24. The number of rotatable bonds is 16.